The maximum absolute atomic E-state index is 5.81. The minimum Gasteiger partial charge on any atom is -0.497 e. The van der Waals surface area contributed by atoms with Crippen molar-refractivity contribution in [3.63, 3.8) is 0 Å². The van der Waals surface area contributed by atoms with E-state index in [4.69, 9.17) is 14.7 Å². The van der Waals surface area contributed by atoms with Gasteiger partial charge in [0.25, 0.3) is 0 Å². The first kappa shape index (κ1) is 21.9. The van der Waals surface area contributed by atoms with Gasteiger partial charge in [-0.15, -0.1) is 0 Å². The van der Waals surface area contributed by atoms with Crippen molar-refractivity contribution in [1.82, 2.24) is 14.9 Å². The molecule has 0 N–H and O–H groups in total. The Labute approximate surface area is 215 Å². The number of benzene rings is 1. The third kappa shape index (κ3) is 2.71. The zero-order chi connectivity index (χ0) is 24.2. The van der Waals surface area contributed by atoms with Crippen LogP contribution in [-0.2, 0) is 11.8 Å². The summed E-state index contributed by atoms with van der Waals surface area (Å²) < 4.78 is 5.81. The van der Waals surface area contributed by atoms with E-state index in [9.17, 15) is 0 Å². The lowest BCUT2D eigenvalue weighted by molar-refractivity contribution is -0.0921. The van der Waals surface area contributed by atoms with Crippen LogP contribution in [0.3, 0.4) is 0 Å². The van der Waals surface area contributed by atoms with Crippen LogP contribution >= 0.6 is 0 Å². The molecular weight excluding hydrogens is 444 g/mol. The van der Waals surface area contributed by atoms with Gasteiger partial charge in [-0.2, -0.15) is 0 Å². The van der Waals surface area contributed by atoms with Gasteiger partial charge in [-0.05, 0) is 109 Å². The van der Waals surface area contributed by atoms with Crippen LogP contribution in [-0.4, -0.2) is 53.7 Å². The number of aromatic nitrogens is 2. The number of fused-ring (bicyclic) bond motifs is 1. The number of likely N-dealkylation sites (tertiary alicyclic amines) is 1. The topological polar surface area (TPSA) is 41.5 Å². The molecule has 0 radical (unpaired) electrons. The van der Waals surface area contributed by atoms with Gasteiger partial charge in [-0.3, -0.25) is 4.90 Å². The molecule has 6 aliphatic rings. The predicted molar refractivity (Wildman–Crippen MR) is 142 cm³/mol. The van der Waals surface area contributed by atoms with Crippen LogP contribution in [0.4, 0.5) is 5.95 Å². The molecule has 2 aliphatic heterocycles. The third-order valence-electron chi connectivity index (χ3n) is 11.6. The molecule has 1 aromatic heterocycles. The average Bonchev–Trinajstić information content (AvgIpc) is 3.58. The maximum atomic E-state index is 5.81. The fourth-order valence-electron chi connectivity index (χ4n) is 10.1. The van der Waals surface area contributed by atoms with E-state index in [1.165, 1.54) is 63.6 Å². The summed E-state index contributed by atoms with van der Waals surface area (Å²) >= 11 is 0. The quantitative estimate of drug-likeness (QED) is 0.584. The lowest BCUT2D eigenvalue weighted by Crippen LogP contribution is -2.69. The standard InChI is InChI=1S/C31H40N4O/c1-19(2)23-15-32-29(33-16-23)35-18-22-14-30-9-8-26(35)28(22)31(30)10-11-34(17-20-4-5-20)27(30)12-21-6-7-24(36-3)13-25(21)31/h6-7,13,15-16,19-20,22,26-28H,4-5,8-12,14,17-18H2,1-3H3/t22-,26?,27?,28?,30?,31?/m1/s1. The number of hydrogen-bond acceptors (Lipinski definition) is 5. The number of nitrogens with zero attached hydrogens (tertiary/aromatic N) is 4. The van der Waals surface area contributed by atoms with Crippen molar-refractivity contribution in [2.24, 2.45) is 23.2 Å². The van der Waals surface area contributed by atoms with E-state index < -0.39 is 0 Å². The molecule has 3 heterocycles. The summed E-state index contributed by atoms with van der Waals surface area (Å²) in [5.41, 5.74) is 5.20. The summed E-state index contributed by atoms with van der Waals surface area (Å²) in [6, 6.07) is 8.36. The van der Waals surface area contributed by atoms with Crippen molar-refractivity contribution in [2.45, 2.75) is 82.2 Å². The van der Waals surface area contributed by atoms with Gasteiger partial charge in [0.05, 0.1) is 7.11 Å². The number of methoxy groups -OCH3 is 1. The molecular formula is C31H40N4O. The van der Waals surface area contributed by atoms with Crippen molar-refractivity contribution in [1.29, 1.82) is 0 Å². The first-order valence-electron chi connectivity index (χ1n) is 14.5. The Morgan fingerprint density at radius 1 is 1.11 bits per heavy atom. The summed E-state index contributed by atoms with van der Waals surface area (Å²) in [5.74, 6) is 4.89. The highest BCUT2D eigenvalue weighted by Crippen LogP contribution is 2.75. The minimum atomic E-state index is 0.278. The molecule has 0 spiro atoms. The highest BCUT2D eigenvalue weighted by Gasteiger charge is 2.76. The largest absolute Gasteiger partial charge is 0.497 e. The van der Waals surface area contributed by atoms with Gasteiger partial charge in [0.1, 0.15) is 5.75 Å². The van der Waals surface area contributed by atoms with Crippen LogP contribution in [0.2, 0.25) is 0 Å². The van der Waals surface area contributed by atoms with Gasteiger partial charge >= 0.3 is 0 Å². The lowest BCUT2D eigenvalue weighted by atomic mass is 9.43. The Morgan fingerprint density at radius 2 is 1.94 bits per heavy atom. The van der Waals surface area contributed by atoms with E-state index in [1.807, 2.05) is 7.11 Å². The molecule has 2 saturated heterocycles. The van der Waals surface area contributed by atoms with Crippen LogP contribution in [0.15, 0.2) is 30.6 Å². The van der Waals surface area contributed by atoms with Crippen molar-refractivity contribution in [3.05, 3.63) is 47.3 Å². The smallest absolute Gasteiger partial charge is 0.225 e. The van der Waals surface area contributed by atoms with Crippen LogP contribution in [0, 0.1) is 23.2 Å². The molecule has 5 unspecified atom stereocenters. The molecule has 1 aromatic carbocycles. The highest BCUT2D eigenvalue weighted by molar-refractivity contribution is 5.53. The zero-order valence-electron chi connectivity index (χ0n) is 22.1. The molecule has 6 atom stereocenters. The first-order chi connectivity index (χ1) is 17.5. The molecule has 3 saturated carbocycles. The molecule has 5 fully saturated rings. The molecule has 36 heavy (non-hydrogen) atoms. The van der Waals surface area contributed by atoms with Crippen molar-refractivity contribution in [2.75, 3.05) is 31.6 Å². The SMILES string of the molecule is COc1ccc2c(c1)C13CCN(CC4CC4)C(C2)C12CCC1C3[C@@H](CN1c1ncc(C(C)C)cn1)C2. The van der Waals surface area contributed by atoms with Gasteiger partial charge in [-0.1, -0.05) is 19.9 Å². The predicted octanol–water partition coefficient (Wildman–Crippen LogP) is 5.19. The van der Waals surface area contributed by atoms with E-state index in [1.54, 1.807) is 11.1 Å². The number of ether oxygens (including phenoxy) is 1. The van der Waals surface area contributed by atoms with Crippen LogP contribution < -0.4 is 9.64 Å². The van der Waals surface area contributed by atoms with Gasteiger partial charge in [0.2, 0.25) is 5.95 Å². The molecule has 5 heteroatoms. The molecule has 4 bridgehead atoms. The average molecular weight is 485 g/mol. The molecule has 5 nitrogen and oxygen atoms in total. The highest BCUT2D eigenvalue weighted by atomic mass is 16.5. The van der Waals surface area contributed by atoms with Crippen molar-refractivity contribution >= 4 is 5.95 Å². The molecule has 0 amide bonds. The van der Waals surface area contributed by atoms with Gasteiger partial charge in [0, 0.05) is 43.0 Å². The fourth-order valence-corrected chi connectivity index (χ4v) is 10.1. The Kier molecular flexibility index (Phi) is 4.54. The second kappa shape index (κ2) is 7.46. The van der Waals surface area contributed by atoms with E-state index in [-0.39, 0.29) is 5.41 Å². The monoisotopic (exact) mass is 484 g/mol. The van der Waals surface area contributed by atoms with E-state index in [2.05, 4.69) is 54.2 Å². The van der Waals surface area contributed by atoms with Crippen molar-refractivity contribution in [3.8, 4) is 5.75 Å². The lowest BCUT2D eigenvalue weighted by Gasteiger charge is -2.66. The Hall–Kier alpha value is -2.14. The number of piperidine rings is 1. The summed E-state index contributed by atoms with van der Waals surface area (Å²) in [6.45, 7) is 8.19. The first-order valence-corrected chi connectivity index (χ1v) is 14.5. The summed E-state index contributed by atoms with van der Waals surface area (Å²) in [4.78, 5) is 15.4. The second-order valence-electron chi connectivity index (χ2n) is 13.3. The van der Waals surface area contributed by atoms with Gasteiger partial charge < -0.3 is 9.64 Å². The normalized spacial score (nSPS) is 38.3. The van der Waals surface area contributed by atoms with Crippen LogP contribution in [0.1, 0.15) is 75.0 Å². The minimum absolute atomic E-state index is 0.278. The Balaban J connectivity index is 1.24. The molecule has 2 aromatic rings. The van der Waals surface area contributed by atoms with Crippen LogP contribution in [0.5, 0.6) is 5.75 Å². The van der Waals surface area contributed by atoms with E-state index >= 15 is 0 Å². The van der Waals surface area contributed by atoms with Gasteiger partial charge in [0.15, 0.2) is 0 Å². The van der Waals surface area contributed by atoms with Gasteiger partial charge in [-0.25, -0.2) is 9.97 Å². The zero-order valence-corrected chi connectivity index (χ0v) is 22.1. The van der Waals surface area contributed by atoms with Crippen LogP contribution in [0.25, 0.3) is 0 Å². The van der Waals surface area contributed by atoms with Crippen molar-refractivity contribution < 1.29 is 4.74 Å². The summed E-state index contributed by atoms with van der Waals surface area (Å²) in [7, 11) is 1.83. The van der Waals surface area contributed by atoms with E-state index in [0.29, 0.717) is 29.3 Å². The number of anilines is 1. The molecule has 4 aliphatic carbocycles. The fraction of sp³-hybridized carbons (Fsp3) is 0.677. The third-order valence-corrected chi connectivity index (χ3v) is 11.6. The summed E-state index contributed by atoms with van der Waals surface area (Å²) in [5, 5.41) is 0. The molecule has 190 valence electrons. The Morgan fingerprint density at radius 3 is 2.69 bits per heavy atom. The number of rotatable bonds is 5. The number of hydrogen-bond donors (Lipinski definition) is 0. The molecule has 8 rings (SSSR count). The van der Waals surface area contributed by atoms with E-state index in [0.717, 1.165) is 30.1 Å². The summed E-state index contributed by atoms with van der Waals surface area (Å²) in [6.07, 6.45) is 13.6. The Bertz CT molecular complexity index is 1190. The maximum Gasteiger partial charge on any atom is 0.225 e. The second-order valence-corrected chi connectivity index (χ2v) is 13.3.